The van der Waals surface area contributed by atoms with Crippen molar-refractivity contribution in [3.8, 4) is 0 Å². The summed E-state index contributed by atoms with van der Waals surface area (Å²) in [6.45, 7) is 0. The van der Waals surface area contributed by atoms with Crippen LogP contribution in [0.25, 0.3) is 0 Å². The van der Waals surface area contributed by atoms with Crippen molar-refractivity contribution in [3.05, 3.63) is 58.8 Å². The molecule has 0 fully saturated rings. The smallest absolute Gasteiger partial charge is 0.271 e. The van der Waals surface area contributed by atoms with Gasteiger partial charge in [-0.05, 0) is 41.1 Å². The summed E-state index contributed by atoms with van der Waals surface area (Å²) in [5, 5.41) is 14.4. The minimum absolute atomic E-state index is 0.0297. The average Bonchev–Trinajstić information content (AvgIpc) is 3.28. The van der Waals surface area contributed by atoms with Gasteiger partial charge in [0.15, 0.2) is 0 Å². The van der Waals surface area contributed by atoms with Gasteiger partial charge in [0.25, 0.3) is 20.0 Å². The molecule has 1 aromatic carbocycles. The third kappa shape index (κ3) is 4.47. The van der Waals surface area contributed by atoms with Crippen LogP contribution in [0, 0.1) is 0 Å². The summed E-state index contributed by atoms with van der Waals surface area (Å²) in [6, 6.07) is 9.15. The van der Waals surface area contributed by atoms with Crippen molar-refractivity contribution in [3.63, 3.8) is 0 Å². The molecule has 27 heavy (non-hydrogen) atoms. The van der Waals surface area contributed by atoms with Crippen LogP contribution in [0.3, 0.4) is 0 Å². The summed E-state index contributed by atoms with van der Waals surface area (Å²) in [5.74, 6) is -1.58. The van der Waals surface area contributed by atoms with Gasteiger partial charge in [0.1, 0.15) is 8.42 Å². The third-order valence-electron chi connectivity index (χ3n) is 3.19. The van der Waals surface area contributed by atoms with Crippen LogP contribution < -0.4 is 14.6 Å². The molecular weight excluding hydrogens is 432 g/mol. The van der Waals surface area contributed by atoms with E-state index in [-0.39, 0.29) is 25.4 Å². The van der Waals surface area contributed by atoms with Gasteiger partial charge in [0.2, 0.25) is 0 Å². The van der Waals surface area contributed by atoms with Gasteiger partial charge in [-0.3, -0.25) is 9.44 Å². The predicted octanol–water partition coefficient (Wildman–Crippen LogP) is 1.77. The first-order valence-electron chi connectivity index (χ1n) is 7.16. The number of hydrogen-bond donors (Lipinski definition) is 2. The molecule has 12 heteroatoms. The second kappa shape index (κ2) is 7.31. The molecule has 0 atom stereocenters. The van der Waals surface area contributed by atoms with E-state index in [1.165, 1.54) is 18.2 Å². The maximum atomic E-state index is 12.3. The molecule has 0 saturated carbocycles. The quantitative estimate of drug-likeness (QED) is 0.572. The molecule has 142 valence electrons. The summed E-state index contributed by atoms with van der Waals surface area (Å²) in [6.07, 6.45) is 0. The van der Waals surface area contributed by atoms with E-state index in [0.717, 1.165) is 34.8 Å². The van der Waals surface area contributed by atoms with E-state index in [4.69, 9.17) is 0 Å². The van der Waals surface area contributed by atoms with Crippen LogP contribution in [0.1, 0.15) is 10.4 Å². The standard InChI is InChI=1S/C15H12N2O6S4/c18-15(19)10-7-11(16-26(20,21)13-3-1-5-24-13)9-12(8-10)17-27(22,23)14-4-2-6-25-14/h1-9,16-17H,(H,18,19)/p-1. The number of anilines is 2. The van der Waals surface area contributed by atoms with E-state index in [1.54, 1.807) is 22.9 Å². The third-order valence-corrected chi connectivity index (χ3v) is 8.75. The molecule has 0 amide bonds. The fraction of sp³-hybridized carbons (Fsp3) is 0. The van der Waals surface area contributed by atoms with Gasteiger partial charge in [-0.25, -0.2) is 16.8 Å². The van der Waals surface area contributed by atoms with Crippen LogP contribution >= 0.6 is 22.7 Å². The number of rotatable bonds is 7. The first kappa shape index (κ1) is 19.4. The Morgan fingerprint density at radius 3 is 1.59 bits per heavy atom. The van der Waals surface area contributed by atoms with Crippen LogP contribution in [0.5, 0.6) is 0 Å². The summed E-state index contributed by atoms with van der Waals surface area (Å²) in [5.41, 5.74) is -0.617. The summed E-state index contributed by atoms with van der Waals surface area (Å²) in [7, 11) is -7.87. The number of nitrogens with one attached hydrogen (secondary N) is 2. The van der Waals surface area contributed by atoms with Crippen molar-refractivity contribution in [2.45, 2.75) is 8.42 Å². The number of carbonyl (C=O) groups excluding carboxylic acids is 1. The second-order valence-corrected chi connectivity index (χ2v) is 10.9. The molecule has 3 rings (SSSR count). The van der Waals surface area contributed by atoms with Crippen LogP contribution in [0.15, 0.2) is 61.6 Å². The van der Waals surface area contributed by atoms with Crippen molar-refractivity contribution in [2.75, 3.05) is 9.44 Å². The van der Waals surface area contributed by atoms with Gasteiger partial charge in [0, 0.05) is 5.56 Å². The van der Waals surface area contributed by atoms with Gasteiger partial charge < -0.3 is 9.90 Å². The van der Waals surface area contributed by atoms with E-state index in [0.29, 0.717) is 0 Å². The van der Waals surface area contributed by atoms with Crippen molar-refractivity contribution in [1.82, 2.24) is 0 Å². The molecule has 2 heterocycles. The van der Waals surface area contributed by atoms with Crippen LogP contribution in [-0.4, -0.2) is 22.8 Å². The number of carboxylic acids is 1. The Labute approximate surface area is 163 Å². The number of sulfonamides is 2. The summed E-state index contributed by atoms with van der Waals surface area (Å²) in [4.78, 5) is 11.2. The number of aromatic carboxylic acids is 1. The first-order valence-corrected chi connectivity index (χ1v) is 11.9. The average molecular weight is 444 g/mol. The van der Waals surface area contributed by atoms with E-state index in [2.05, 4.69) is 9.44 Å². The maximum absolute atomic E-state index is 12.3. The Hall–Kier alpha value is -2.41. The monoisotopic (exact) mass is 443 g/mol. The van der Waals surface area contributed by atoms with Crippen LogP contribution in [-0.2, 0) is 20.0 Å². The number of hydrogen-bond acceptors (Lipinski definition) is 8. The second-order valence-electron chi connectivity index (χ2n) is 5.16. The Bertz CT molecular complexity index is 1080. The Morgan fingerprint density at radius 1 is 0.815 bits per heavy atom. The fourth-order valence-electron chi connectivity index (χ4n) is 2.11. The lowest BCUT2D eigenvalue weighted by atomic mass is 10.2. The van der Waals surface area contributed by atoms with Gasteiger partial charge in [-0.15, -0.1) is 22.7 Å². The molecule has 0 radical (unpaired) electrons. The Balaban J connectivity index is 1.97. The number of carbonyl (C=O) groups is 1. The molecule has 0 unspecified atom stereocenters. The lowest BCUT2D eigenvalue weighted by molar-refractivity contribution is -0.255. The molecule has 3 aromatic rings. The highest BCUT2D eigenvalue weighted by molar-refractivity contribution is 7.95. The topological polar surface area (TPSA) is 132 Å². The zero-order chi connectivity index (χ0) is 19.7. The summed E-state index contributed by atoms with van der Waals surface area (Å²) >= 11 is 1.97. The van der Waals surface area contributed by atoms with Crippen LogP contribution in [0.2, 0.25) is 0 Å². The largest absolute Gasteiger partial charge is 0.545 e. The molecule has 0 aliphatic rings. The molecule has 0 aliphatic carbocycles. The highest BCUT2D eigenvalue weighted by atomic mass is 32.3. The molecule has 0 bridgehead atoms. The highest BCUT2D eigenvalue weighted by Crippen LogP contribution is 2.26. The highest BCUT2D eigenvalue weighted by Gasteiger charge is 2.19. The minimum Gasteiger partial charge on any atom is -0.545 e. The maximum Gasteiger partial charge on any atom is 0.271 e. The van der Waals surface area contributed by atoms with Crippen molar-refractivity contribution < 1.29 is 26.7 Å². The SMILES string of the molecule is O=C([O-])c1cc(NS(=O)(=O)c2cccs2)cc(NS(=O)(=O)c2cccs2)c1. The summed E-state index contributed by atoms with van der Waals surface area (Å²) < 4.78 is 53.8. The number of carboxylic acid groups (broad SMARTS) is 1. The minimum atomic E-state index is -3.94. The normalized spacial score (nSPS) is 11.9. The zero-order valence-electron chi connectivity index (χ0n) is 13.3. The Kier molecular flexibility index (Phi) is 5.24. The molecule has 0 saturated heterocycles. The van der Waals surface area contributed by atoms with Gasteiger partial charge in [-0.2, -0.15) is 0 Å². The lowest BCUT2D eigenvalue weighted by Crippen LogP contribution is -2.23. The predicted molar refractivity (Wildman–Crippen MR) is 101 cm³/mol. The van der Waals surface area contributed by atoms with Crippen molar-refractivity contribution in [2.24, 2.45) is 0 Å². The van der Waals surface area contributed by atoms with E-state index >= 15 is 0 Å². The van der Waals surface area contributed by atoms with E-state index in [1.807, 2.05) is 0 Å². The first-order chi connectivity index (χ1) is 12.7. The molecule has 8 nitrogen and oxygen atoms in total. The Morgan fingerprint density at radius 2 is 1.26 bits per heavy atom. The molecule has 2 N–H and O–H groups in total. The molecule has 0 spiro atoms. The fourth-order valence-corrected chi connectivity index (χ4v) is 6.17. The molecule has 0 aliphatic heterocycles. The molecular formula is C15H11N2O6S4-. The van der Waals surface area contributed by atoms with Gasteiger partial charge in [-0.1, -0.05) is 12.1 Å². The zero-order valence-corrected chi connectivity index (χ0v) is 16.5. The van der Waals surface area contributed by atoms with Crippen LogP contribution in [0.4, 0.5) is 11.4 Å². The van der Waals surface area contributed by atoms with Crippen molar-refractivity contribution >= 4 is 60.1 Å². The van der Waals surface area contributed by atoms with E-state index in [9.17, 15) is 26.7 Å². The molecule has 2 aromatic heterocycles. The lowest BCUT2D eigenvalue weighted by Gasteiger charge is -2.13. The van der Waals surface area contributed by atoms with Crippen molar-refractivity contribution in [1.29, 1.82) is 0 Å². The van der Waals surface area contributed by atoms with E-state index < -0.39 is 26.0 Å². The van der Waals surface area contributed by atoms with Gasteiger partial charge >= 0.3 is 0 Å². The number of thiophene rings is 2. The van der Waals surface area contributed by atoms with Gasteiger partial charge in [0.05, 0.1) is 17.3 Å². The number of benzene rings is 1.